The molecule has 0 spiro atoms. The van der Waals surface area contributed by atoms with Gasteiger partial charge < -0.3 is 24.8 Å². The van der Waals surface area contributed by atoms with Crippen molar-refractivity contribution < 1.29 is 23.8 Å². The third-order valence-electron chi connectivity index (χ3n) is 4.94. The van der Waals surface area contributed by atoms with E-state index in [0.29, 0.717) is 27.2 Å². The third kappa shape index (κ3) is 3.13. The summed E-state index contributed by atoms with van der Waals surface area (Å²) in [7, 11) is 0. The van der Waals surface area contributed by atoms with Crippen LogP contribution in [0.1, 0.15) is 37.3 Å². The Morgan fingerprint density at radius 3 is 2.65 bits per heavy atom. The van der Waals surface area contributed by atoms with E-state index in [0.717, 1.165) is 25.7 Å². The van der Waals surface area contributed by atoms with E-state index in [4.69, 9.17) is 14.2 Å². The molecule has 2 unspecified atom stereocenters. The van der Waals surface area contributed by atoms with Gasteiger partial charge in [0.2, 0.25) is 6.79 Å². The lowest BCUT2D eigenvalue weighted by atomic mass is 9.88. The van der Waals surface area contributed by atoms with Gasteiger partial charge in [0, 0.05) is 10.2 Å². The Balaban J connectivity index is 1.65. The number of hydrogen-bond donors (Lipinski definition) is 2. The molecule has 2 atom stereocenters. The molecule has 138 valence electrons. The van der Waals surface area contributed by atoms with E-state index in [-0.39, 0.29) is 18.9 Å². The van der Waals surface area contributed by atoms with E-state index in [1.54, 1.807) is 12.1 Å². The summed E-state index contributed by atoms with van der Waals surface area (Å²) in [6, 6.07) is 2.52. The number of fused-ring (bicyclic) bond motifs is 1. The highest BCUT2D eigenvalue weighted by atomic mass is 79.9. The molecule has 8 heteroatoms. The smallest absolute Gasteiger partial charge is 0.319 e. The number of esters is 1. The average molecular weight is 423 g/mol. The van der Waals surface area contributed by atoms with Crippen LogP contribution in [0.25, 0.3) is 0 Å². The zero-order valence-corrected chi connectivity index (χ0v) is 15.6. The van der Waals surface area contributed by atoms with Crippen LogP contribution in [-0.2, 0) is 9.53 Å². The second-order valence-corrected chi connectivity index (χ2v) is 7.50. The summed E-state index contributed by atoms with van der Waals surface area (Å²) in [6.07, 6.45) is 3.83. The van der Waals surface area contributed by atoms with Crippen molar-refractivity contribution in [2.75, 3.05) is 6.79 Å². The first kappa shape index (κ1) is 17.2. The Morgan fingerprint density at radius 2 is 1.92 bits per heavy atom. The number of carbonyl (C=O) groups excluding carboxylic acids is 2. The van der Waals surface area contributed by atoms with Gasteiger partial charge in [-0.05, 0) is 43.4 Å². The molecule has 1 aliphatic carbocycles. The highest BCUT2D eigenvalue weighted by Crippen LogP contribution is 2.42. The summed E-state index contributed by atoms with van der Waals surface area (Å²) in [5, 5.41) is 5.40. The van der Waals surface area contributed by atoms with Crippen LogP contribution in [0.2, 0.25) is 0 Å². The second-order valence-electron chi connectivity index (χ2n) is 6.65. The van der Waals surface area contributed by atoms with Crippen LogP contribution in [-0.4, -0.2) is 24.9 Å². The summed E-state index contributed by atoms with van der Waals surface area (Å²) in [4.78, 5) is 24.9. The van der Waals surface area contributed by atoms with E-state index in [9.17, 15) is 9.59 Å². The zero-order chi connectivity index (χ0) is 18.3. The van der Waals surface area contributed by atoms with E-state index in [2.05, 4.69) is 33.1 Å². The number of urea groups is 1. The third-order valence-corrected chi connectivity index (χ3v) is 5.62. The lowest BCUT2D eigenvalue weighted by molar-refractivity contribution is -0.153. The Labute approximate surface area is 159 Å². The van der Waals surface area contributed by atoms with Gasteiger partial charge in [0.1, 0.15) is 12.0 Å². The Morgan fingerprint density at radius 1 is 1.23 bits per heavy atom. The van der Waals surface area contributed by atoms with Crippen LogP contribution in [0.5, 0.6) is 11.5 Å². The van der Waals surface area contributed by atoms with Crippen LogP contribution >= 0.6 is 15.9 Å². The first-order valence-corrected chi connectivity index (χ1v) is 9.38. The number of halogens is 1. The molecule has 0 bridgehead atoms. The SMILES string of the molecule is C=C1NC(=O)NC(c2cc3c(cc2Br)OCO3)C1C(=O)OC1CCCC1. The molecule has 4 rings (SSSR count). The van der Waals surface area contributed by atoms with Crippen molar-refractivity contribution in [3.8, 4) is 11.5 Å². The van der Waals surface area contributed by atoms with Crippen molar-refractivity contribution in [1.82, 2.24) is 10.6 Å². The van der Waals surface area contributed by atoms with Crippen LogP contribution in [0.15, 0.2) is 28.9 Å². The van der Waals surface area contributed by atoms with Crippen LogP contribution in [0.4, 0.5) is 4.79 Å². The van der Waals surface area contributed by atoms with Crippen LogP contribution < -0.4 is 20.1 Å². The number of rotatable bonds is 3. The molecule has 2 N–H and O–H groups in total. The van der Waals surface area contributed by atoms with Crippen LogP contribution in [0, 0.1) is 5.92 Å². The Hall–Kier alpha value is -2.22. The quantitative estimate of drug-likeness (QED) is 0.730. The molecule has 2 heterocycles. The number of amides is 2. The molecule has 0 radical (unpaired) electrons. The minimum atomic E-state index is -0.732. The average Bonchev–Trinajstić information content (AvgIpc) is 3.24. The van der Waals surface area contributed by atoms with E-state index in [1.807, 2.05) is 0 Å². The number of hydrogen-bond acceptors (Lipinski definition) is 5. The van der Waals surface area contributed by atoms with Gasteiger partial charge in [-0.15, -0.1) is 0 Å². The lowest BCUT2D eigenvalue weighted by Gasteiger charge is -2.34. The molecule has 1 aromatic carbocycles. The highest BCUT2D eigenvalue weighted by molar-refractivity contribution is 9.10. The fourth-order valence-corrected chi connectivity index (χ4v) is 4.21. The van der Waals surface area contributed by atoms with E-state index >= 15 is 0 Å². The topological polar surface area (TPSA) is 85.9 Å². The summed E-state index contributed by atoms with van der Waals surface area (Å²) in [5.41, 5.74) is 1.03. The van der Waals surface area contributed by atoms with E-state index < -0.39 is 18.0 Å². The highest BCUT2D eigenvalue weighted by Gasteiger charge is 2.41. The standard InChI is InChI=1S/C18H19BrN2O5/c1-9-15(17(22)26-10-4-2-3-5-10)16(21-18(23)20-9)11-6-13-14(7-12(11)19)25-8-24-13/h6-7,10,15-16H,1-5,8H2,(H2,20,21,23). The predicted molar refractivity (Wildman–Crippen MR) is 95.7 cm³/mol. The maximum absolute atomic E-state index is 12.9. The largest absolute Gasteiger partial charge is 0.462 e. The molecule has 2 fully saturated rings. The van der Waals surface area contributed by atoms with Gasteiger partial charge in [-0.25, -0.2) is 4.79 Å². The van der Waals surface area contributed by atoms with Crippen molar-refractivity contribution in [3.63, 3.8) is 0 Å². The summed E-state index contributed by atoms with van der Waals surface area (Å²) in [5.74, 6) is 0.0724. The number of carbonyl (C=O) groups is 2. The summed E-state index contributed by atoms with van der Waals surface area (Å²) >= 11 is 3.50. The maximum atomic E-state index is 12.9. The summed E-state index contributed by atoms with van der Waals surface area (Å²) < 4.78 is 17.2. The van der Waals surface area contributed by atoms with Gasteiger partial charge in [0.15, 0.2) is 11.5 Å². The molecule has 0 aromatic heterocycles. The minimum absolute atomic E-state index is 0.0613. The molecule has 7 nitrogen and oxygen atoms in total. The molecule has 26 heavy (non-hydrogen) atoms. The maximum Gasteiger partial charge on any atom is 0.319 e. The van der Waals surface area contributed by atoms with Crippen molar-refractivity contribution in [2.45, 2.75) is 37.8 Å². The van der Waals surface area contributed by atoms with Crippen molar-refractivity contribution >= 4 is 27.9 Å². The molecule has 1 saturated heterocycles. The number of ether oxygens (including phenoxy) is 3. The van der Waals surface area contributed by atoms with Crippen molar-refractivity contribution in [2.24, 2.45) is 5.92 Å². The molecule has 3 aliphatic rings. The van der Waals surface area contributed by atoms with Crippen molar-refractivity contribution in [1.29, 1.82) is 0 Å². The van der Waals surface area contributed by atoms with Gasteiger partial charge in [-0.1, -0.05) is 22.5 Å². The molecular formula is C18H19BrN2O5. The molecule has 2 amide bonds. The number of nitrogens with one attached hydrogen (secondary N) is 2. The van der Waals surface area contributed by atoms with Gasteiger partial charge in [-0.2, -0.15) is 0 Å². The molecule has 1 aromatic rings. The molecule has 1 saturated carbocycles. The zero-order valence-electron chi connectivity index (χ0n) is 14.0. The fourth-order valence-electron chi connectivity index (χ4n) is 3.64. The van der Waals surface area contributed by atoms with Gasteiger partial charge >= 0.3 is 12.0 Å². The lowest BCUT2D eigenvalue weighted by Crippen LogP contribution is -2.51. The minimum Gasteiger partial charge on any atom is -0.462 e. The van der Waals surface area contributed by atoms with Gasteiger partial charge in [-0.3, -0.25) is 4.79 Å². The molecule has 2 aliphatic heterocycles. The van der Waals surface area contributed by atoms with Gasteiger partial charge in [0.05, 0.1) is 6.04 Å². The number of benzene rings is 1. The van der Waals surface area contributed by atoms with E-state index in [1.165, 1.54) is 0 Å². The van der Waals surface area contributed by atoms with Crippen LogP contribution in [0.3, 0.4) is 0 Å². The first-order valence-electron chi connectivity index (χ1n) is 8.59. The summed E-state index contributed by atoms with van der Waals surface area (Å²) in [6.45, 7) is 4.02. The van der Waals surface area contributed by atoms with Crippen molar-refractivity contribution in [3.05, 3.63) is 34.4 Å². The predicted octanol–water partition coefficient (Wildman–Crippen LogP) is 3.15. The Bertz CT molecular complexity index is 775. The molecular weight excluding hydrogens is 404 g/mol. The first-order chi connectivity index (χ1) is 12.5. The van der Waals surface area contributed by atoms with Gasteiger partial charge in [0.25, 0.3) is 0 Å². The second kappa shape index (κ2) is 6.83. The fraction of sp³-hybridized carbons (Fsp3) is 0.444. The normalized spacial score (nSPS) is 25.0. The monoisotopic (exact) mass is 422 g/mol. The Kier molecular flexibility index (Phi) is 4.52.